The van der Waals surface area contributed by atoms with Crippen molar-refractivity contribution in [2.24, 2.45) is 5.92 Å². The van der Waals surface area contributed by atoms with Crippen LogP contribution in [-0.2, 0) is 15.7 Å². The highest BCUT2D eigenvalue weighted by molar-refractivity contribution is 7.90. The van der Waals surface area contributed by atoms with Gasteiger partial charge in [0.1, 0.15) is 26.2 Å². The number of rotatable bonds is 7. The summed E-state index contributed by atoms with van der Waals surface area (Å²) in [6.07, 6.45) is 0. The number of nitrogens with one attached hydrogen (secondary N) is 2. The molecule has 0 aliphatic carbocycles. The van der Waals surface area contributed by atoms with Gasteiger partial charge in [0.05, 0.1) is 11.4 Å². The minimum Gasteiger partial charge on any atom is -0.326 e. The van der Waals surface area contributed by atoms with Crippen LogP contribution in [0.4, 0.5) is 0 Å². The first-order valence-electron chi connectivity index (χ1n) is 10.1. The number of likely N-dealkylation sites (N-methyl/N-ethyl adjacent to an activating group) is 1. The van der Waals surface area contributed by atoms with Crippen LogP contribution in [0.5, 0.6) is 0 Å². The maximum absolute atomic E-state index is 12.9. The van der Waals surface area contributed by atoms with Crippen LogP contribution < -0.4 is 9.80 Å². The number of aromatic nitrogens is 4. The number of aryl methyl sites for hydroxylation is 1. The molecule has 1 aromatic carbocycles. The quantitative estimate of drug-likeness (QED) is 0.608. The molecule has 1 atom stereocenters. The lowest BCUT2D eigenvalue weighted by atomic mass is 10.0. The van der Waals surface area contributed by atoms with Gasteiger partial charge in [-0.3, -0.25) is 0 Å². The fraction of sp³-hybridized carbons (Fsp3) is 0.632. The van der Waals surface area contributed by atoms with Crippen molar-refractivity contribution in [1.29, 1.82) is 0 Å². The summed E-state index contributed by atoms with van der Waals surface area (Å²) in [7, 11) is -3.52. The van der Waals surface area contributed by atoms with Crippen molar-refractivity contribution >= 4 is 9.84 Å². The van der Waals surface area contributed by atoms with E-state index < -0.39 is 9.84 Å². The smallest absolute Gasteiger partial charge is 0.210 e. The Labute approximate surface area is 167 Å². The summed E-state index contributed by atoms with van der Waals surface area (Å²) in [5, 5.41) is 12.1. The number of hydrogen-bond donors (Lipinski definition) is 2. The summed E-state index contributed by atoms with van der Waals surface area (Å²) in [5.41, 5.74) is 1.03. The zero-order valence-electron chi connectivity index (χ0n) is 17.2. The van der Waals surface area contributed by atoms with Crippen molar-refractivity contribution in [3.63, 3.8) is 0 Å². The fourth-order valence-electron chi connectivity index (χ4n) is 4.05. The van der Waals surface area contributed by atoms with Gasteiger partial charge in [0.15, 0.2) is 21.8 Å². The highest BCUT2D eigenvalue weighted by Crippen LogP contribution is 2.19. The van der Waals surface area contributed by atoms with Crippen molar-refractivity contribution in [1.82, 2.24) is 20.2 Å². The van der Waals surface area contributed by atoms with Gasteiger partial charge in [-0.2, -0.15) is 0 Å². The number of nitrogens with zero attached hydrogens (tertiary/aromatic N) is 4. The predicted octanol–water partition coefficient (Wildman–Crippen LogP) is -1.09. The zero-order valence-corrected chi connectivity index (χ0v) is 18.0. The minimum atomic E-state index is -3.52. The molecular formula is C19H32N6O2S+2. The number of quaternary nitrogens is 2. The van der Waals surface area contributed by atoms with Gasteiger partial charge in [-0.1, -0.05) is 31.5 Å². The van der Waals surface area contributed by atoms with Crippen molar-refractivity contribution in [3.8, 4) is 0 Å². The molecule has 0 saturated carbocycles. The van der Waals surface area contributed by atoms with Crippen LogP contribution in [0.15, 0.2) is 29.2 Å². The third-order valence-electron chi connectivity index (χ3n) is 5.72. The molecular weight excluding hydrogens is 376 g/mol. The molecule has 8 nitrogen and oxygen atoms in total. The molecule has 2 heterocycles. The summed E-state index contributed by atoms with van der Waals surface area (Å²) < 4.78 is 27.3. The molecule has 28 heavy (non-hydrogen) atoms. The van der Waals surface area contributed by atoms with Gasteiger partial charge in [-0.05, 0) is 36.4 Å². The van der Waals surface area contributed by atoms with Crippen LogP contribution in [0.25, 0.3) is 0 Å². The first kappa shape index (κ1) is 20.9. The SMILES string of the molecule is CC[NH+]1CC[NH+]([C@H](c2nnnn2CS(=O)(=O)c2ccc(C)cc2)C(C)C)CC1. The monoisotopic (exact) mass is 408 g/mol. The first-order chi connectivity index (χ1) is 13.3. The Kier molecular flexibility index (Phi) is 6.47. The molecule has 154 valence electrons. The summed E-state index contributed by atoms with van der Waals surface area (Å²) in [5.74, 6) is 0.743. The standard InChI is InChI=1S/C19H30N6O2S/c1-5-23-10-12-24(13-11-23)18(15(2)3)19-20-21-22-25(19)14-28(26,27)17-8-6-16(4)7-9-17/h6-9,15,18H,5,10-14H2,1-4H3/p+2/t18-/m0/s1. The summed E-state index contributed by atoms with van der Waals surface area (Å²) in [6, 6.07) is 6.99. The van der Waals surface area contributed by atoms with Gasteiger partial charge in [-0.15, -0.1) is 5.10 Å². The van der Waals surface area contributed by atoms with Crippen molar-refractivity contribution in [2.75, 3.05) is 32.7 Å². The van der Waals surface area contributed by atoms with E-state index >= 15 is 0 Å². The van der Waals surface area contributed by atoms with Gasteiger partial charge >= 0.3 is 0 Å². The molecule has 1 aliphatic rings. The van der Waals surface area contributed by atoms with Gasteiger partial charge in [0.25, 0.3) is 0 Å². The third-order valence-corrected chi connectivity index (χ3v) is 7.29. The van der Waals surface area contributed by atoms with Crippen molar-refractivity contribution in [3.05, 3.63) is 35.7 Å². The summed E-state index contributed by atoms with van der Waals surface area (Å²) >= 11 is 0. The van der Waals surface area contributed by atoms with Crippen molar-refractivity contribution < 1.29 is 18.2 Å². The number of piperazine rings is 1. The molecule has 1 fully saturated rings. The average Bonchev–Trinajstić information content (AvgIpc) is 3.09. The van der Waals surface area contributed by atoms with Gasteiger partial charge < -0.3 is 9.80 Å². The topological polar surface area (TPSA) is 86.6 Å². The third kappa shape index (κ3) is 4.59. The average molecular weight is 409 g/mol. The van der Waals surface area contributed by atoms with Crippen LogP contribution in [0.2, 0.25) is 0 Å². The normalized spacial score (nSPS) is 21.8. The van der Waals surface area contributed by atoms with Crippen LogP contribution in [0, 0.1) is 12.8 Å². The molecule has 1 aromatic heterocycles. The molecule has 2 aromatic rings. The Hall–Kier alpha value is -1.84. The van der Waals surface area contributed by atoms with E-state index in [0.29, 0.717) is 16.6 Å². The Balaban J connectivity index is 1.84. The number of sulfone groups is 1. The van der Waals surface area contributed by atoms with E-state index in [0.717, 1.165) is 38.3 Å². The highest BCUT2D eigenvalue weighted by Gasteiger charge is 2.36. The Bertz CT molecular complexity index is 870. The Morgan fingerprint density at radius 2 is 1.75 bits per heavy atom. The van der Waals surface area contributed by atoms with Gasteiger partial charge in [0.2, 0.25) is 5.82 Å². The second-order valence-electron chi connectivity index (χ2n) is 8.08. The molecule has 0 bridgehead atoms. The maximum atomic E-state index is 12.9. The molecule has 9 heteroatoms. The molecule has 2 N–H and O–H groups in total. The van der Waals surface area contributed by atoms with E-state index in [1.54, 1.807) is 17.0 Å². The van der Waals surface area contributed by atoms with Gasteiger partial charge in [0, 0.05) is 5.92 Å². The van der Waals surface area contributed by atoms with Crippen LogP contribution >= 0.6 is 0 Å². The fourth-order valence-corrected chi connectivity index (χ4v) is 5.25. The van der Waals surface area contributed by atoms with Crippen LogP contribution in [0.1, 0.15) is 38.2 Å². The Morgan fingerprint density at radius 3 is 2.32 bits per heavy atom. The molecule has 1 saturated heterocycles. The largest absolute Gasteiger partial charge is 0.326 e. The van der Waals surface area contributed by atoms with Crippen molar-refractivity contribution in [2.45, 2.75) is 44.5 Å². The lowest BCUT2D eigenvalue weighted by molar-refractivity contribution is -1.03. The number of tetrazole rings is 1. The summed E-state index contributed by atoms with van der Waals surface area (Å²) in [6.45, 7) is 14.0. The molecule has 0 spiro atoms. The van der Waals surface area contributed by atoms with E-state index in [4.69, 9.17) is 0 Å². The highest BCUT2D eigenvalue weighted by atomic mass is 32.2. The van der Waals surface area contributed by atoms with Crippen LogP contribution in [0.3, 0.4) is 0 Å². The predicted molar refractivity (Wildman–Crippen MR) is 106 cm³/mol. The molecule has 3 rings (SSSR count). The zero-order chi connectivity index (χ0) is 20.3. The molecule has 0 radical (unpaired) electrons. The maximum Gasteiger partial charge on any atom is 0.210 e. The minimum absolute atomic E-state index is 0.0848. The first-order valence-corrected chi connectivity index (χ1v) is 11.7. The van der Waals surface area contributed by atoms with Gasteiger partial charge in [-0.25, -0.2) is 13.1 Å². The van der Waals surface area contributed by atoms with E-state index in [1.165, 1.54) is 9.58 Å². The van der Waals surface area contributed by atoms with E-state index in [2.05, 4.69) is 36.3 Å². The molecule has 0 unspecified atom stereocenters. The van der Waals surface area contributed by atoms with Crippen LogP contribution in [-0.4, -0.2) is 61.3 Å². The molecule has 0 amide bonds. The Morgan fingerprint density at radius 1 is 1.11 bits per heavy atom. The summed E-state index contributed by atoms with van der Waals surface area (Å²) in [4.78, 5) is 3.36. The van der Waals surface area contributed by atoms with E-state index in [-0.39, 0.29) is 11.9 Å². The molecule has 1 aliphatic heterocycles. The number of hydrogen-bond acceptors (Lipinski definition) is 5. The second-order valence-corrected chi connectivity index (χ2v) is 10.0. The van der Waals surface area contributed by atoms with E-state index in [1.807, 2.05) is 19.1 Å². The van der Waals surface area contributed by atoms with E-state index in [9.17, 15) is 8.42 Å². The lowest BCUT2D eigenvalue weighted by Crippen LogP contribution is -3.28. The number of benzene rings is 1. The lowest BCUT2D eigenvalue weighted by Gasteiger charge is -2.35. The second kappa shape index (κ2) is 8.67.